The maximum atomic E-state index is 8.86. The summed E-state index contributed by atoms with van der Waals surface area (Å²) < 4.78 is 0. The molecule has 16 heavy (non-hydrogen) atoms. The molecule has 0 aromatic heterocycles. The second kappa shape index (κ2) is 7.25. The van der Waals surface area contributed by atoms with Crippen molar-refractivity contribution in [1.29, 1.82) is 0 Å². The summed E-state index contributed by atoms with van der Waals surface area (Å²) in [6, 6.07) is 1.32. The third kappa shape index (κ3) is 4.04. The summed E-state index contributed by atoms with van der Waals surface area (Å²) in [6.45, 7) is 11.8. The monoisotopic (exact) mass is 228 g/mol. The lowest BCUT2D eigenvalue weighted by Gasteiger charge is -2.44. The molecule has 3 heteroatoms. The number of hydrogen-bond donors (Lipinski definition) is 1. The fourth-order valence-corrected chi connectivity index (χ4v) is 2.72. The van der Waals surface area contributed by atoms with Crippen LogP contribution < -0.4 is 0 Å². The van der Waals surface area contributed by atoms with Crippen molar-refractivity contribution in [3.8, 4) is 0 Å². The number of hydrogen-bond acceptors (Lipinski definition) is 3. The minimum Gasteiger partial charge on any atom is -0.396 e. The van der Waals surface area contributed by atoms with Gasteiger partial charge in [-0.15, -0.1) is 0 Å². The van der Waals surface area contributed by atoms with Gasteiger partial charge >= 0.3 is 0 Å². The lowest BCUT2D eigenvalue weighted by molar-refractivity contribution is 0.0353. The van der Waals surface area contributed by atoms with Gasteiger partial charge in [0, 0.05) is 38.3 Å². The smallest absolute Gasteiger partial charge is 0.0443 e. The van der Waals surface area contributed by atoms with E-state index in [1.165, 1.54) is 19.4 Å². The Morgan fingerprint density at radius 3 is 2.19 bits per heavy atom. The summed E-state index contributed by atoms with van der Waals surface area (Å²) >= 11 is 0. The molecule has 0 amide bonds. The van der Waals surface area contributed by atoms with Crippen molar-refractivity contribution < 1.29 is 5.11 Å². The van der Waals surface area contributed by atoms with Gasteiger partial charge in [0.05, 0.1) is 0 Å². The third-order valence-corrected chi connectivity index (χ3v) is 3.58. The van der Waals surface area contributed by atoms with Crippen LogP contribution in [-0.4, -0.2) is 59.8 Å². The van der Waals surface area contributed by atoms with Gasteiger partial charge in [0.25, 0.3) is 0 Å². The molecule has 0 spiro atoms. The normalized spacial score (nSPS) is 28.5. The lowest BCUT2D eigenvalue weighted by Crippen LogP contribution is -2.56. The molecule has 1 N–H and O–H groups in total. The Kier molecular flexibility index (Phi) is 6.32. The van der Waals surface area contributed by atoms with Gasteiger partial charge in [0.2, 0.25) is 0 Å². The van der Waals surface area contributed by atoms with E-state index in [4.69, 9.17) is 5.11 Å². The molecule has 96 valence electrons. The first-order chi connectivity index (χ1) is 7.69. The molecule has 1 heterocycles. The van der Waals surface area contributed by atoms with Crippen LogP contribution in [0.25, 0.3) is 0 Å². The molecular formula is C13H28N2O. The number of unbranched alkanes of at least 4 members (excludes halogenated alkanes) is 1. The molecule has 0 bridgehead atoms. The predicted octanol–water partition coefficient (Wildman–Crippen LogP) is 1.56. The van der Waals surface area contributed by atoms with Gasteiger partial charge in [0.15, 0.2) is 0 Å². The molecule has 0 unspecified atom stereocenters. The van der Waals surface area contributed by atoms with E-state index in [2.05, 4.69) is 30.6 Å². The molecule has 0 saturated carbocycles. The van der Waals surface area contributed by atoms with Crippen LogP contribution in [0.4, 0.5) is 0 Å². The Hall–Kier alpha value is -0.120. The van der Waals surface area contributed by atoms with Crippen molar-refractivity contribution in [2.75, 3.05) is 32.8 Å². The highest BCUT2D eigenvalue weighted by Gasteiger charge is 2.28. The Labute approximate surface area is 100 Å². The van der Waals surface area contributed by atoms with Crippen LogP contribution in [0.3, 0.4) is 0 Å². The number of rotatable bonds is 6. The van der Waals surface area contributed by atoms with Crippen LogP contribution in [-0.2, 0) is 0 Å². The zero-order chi connectivity index (χ0) is 12.0. The van der Waals surface area contributed by atoms with Gasteiger partial charge in [-0.05, 0) is 33.2 Å². The zero-order valence-electron chi connectivity index (χ0n) is 11.2. The van der Waals surface area contributed by atoms with Crippen LogP contribution in [0.5, 0.6) is 0 Å². The second-order valence-electron chi connectivity index (χ2n) is 5.13. The maximum Gasteiger partial charge on any atom is 0.0443 e. The van der Waals surface area contributed by atoms with Crippen molar-refractivity contribution in [2.24, 2.45) is 0 Å². The molecule has 3 nitrogen and oxygen atoms in total. The molecular weight excluding hydrogens is 200 g/mol. The van der Waals surface area contributed by atoms with Gasteiger partial charge in [-0.25, -0.2) is 0 Å². The van der Waals surface area contributed by atoms with E-state index in [1.807, 2.05) is 0 Å². The van der Waals surface area contributed by atoms with Gasteiger partial charge in [-0.1, -0.05) is 13.3 Å². The van der Waals surface area contributed by atoms with E-state index in [-0.39, 0.29) is 0 Å². The van der Waals surface area contributed by atoms with Crippen LogP contribution in [0.2, 0.25) is 0 Å². The lowest BCUT2D eigenvalue weighted by atomic mass is 10.1. The summed E-state index contributed by atoms with van der Waals surface area (Å²) in [4.78, 5) is 5.13. The number of aliphatic hydroxyl groups is 1. The maximum absolute atomic E-state index is 8.86. The van der Waals surface area contributed by atoms with Gasteiger partial charge < -0.3 is 10.0 Å². The molecule has 0 aromatic carbocycles. The molecule has 1 saturated heterocycles. The molecule has 1 aliphatic rings. The fourth-order valence-electron chi connectivity index (χ4n) is 2.72. The molecule has 0 aromatic rings. The highest BCUT2D eigenvalue weighted by atomic mass is 16.3. The van der Waals surface area contributed by atoms with Crippen LogP contribution in [0.15, 0.2) is 0 Å². The Balaban J connectivity index is 2.37. The second-order valence-corrected chi connectivity index (χ2v) is 5.13. The minimum absolute atomic E-state index is 0.318. The van der Waals surface area contributed by atoms with E-state index in [0.717, 1.165) is 26.1 Å². The summed E-state index contributed by atoms with van der Waals surface area (Å²) in [5, 5.41) is 8.86. The number of aliphatic hydroxyl groups excluding tert-OH is 1. The largest absolute Gasteiger partial charge is 0.396 e. The van der Waals surface area contributed by atoms with Crippen molar-refractivity contribution in [2.45, 2.75) is 52.1 Å². The fraction of sp³-hybridized carbons (Fsp3) is 1.00. The van der Waals surface area contributed by atoms with Crippen molar-refractivity contribution in [1.82, 2.24) is 9.80 Å². The molecule has 0 aliphatic carbocycles. The topological polar surface area (TPSA) is 26.7 Å². The minimum atomic E-state index is 0.318. The van der Waals surface area contributed by atoms with E-state index in [9.17, 15) is 0 Å². The van der Waals surface area contributed by atoms with Crippen LogP contribution in [0, 0.1) is 0 Å². The van der Waals surface area contributed by atoms with E-state index in [1.54, 1.807) is 0 Å². The molecule has 0 radical (unpaired) electrons. The van der Waals surface area contributed by atoms with E-state index < -0.39 is 0 Å². The zero-order valence-corrected chi connectivity index (χ0v) is 11.2. The van der Waals surface area contributed by atoms with E-state index >= 15 is 0 Å². The Morgan fingerprint density at radius 1 is 1.06 bits per heavy atom. The highest BCUT2D eigenvalue weighted by Crippen LogP contribution is 2.16. The summed E-state index contributed by atoms with van der Waals surface area (Å²) in [6.07, 6.45) is 3.50. The molecule has 2 atom stereocenters. The average molecular weight is 228 g/mol. The van der Waals surface area contributed by atoms with Gasteiger partial charge in [0.1, 0.15) is 0 Å². The van der Waals surface area contributed by atoms with Crippen molar-refractivity contribution in [3.05, 3.63) is 0 Å². The average Bonchev–Trinajstić information content (AvgIpc) is 2.25. The highest BCUT2D eigenvalue weighted by molar-refractivity contribution is 4.84. The van der Waals surface area contributed by atoms with E-state index in [0.29, 0.717) is 18.7 Å². The van der Waals surface area contributed by atoms with Crippen LogP contribution >= 0.6 is 0 Å². The van der Waals surface area contributed by atoms with Gasteiger partial charge in [-0.3, -0.25) is 4.90 Å². The Bertz CT molecular complexity index is 175. The first-order valence-corrected chi connectivity index (χ1v) is 6.78. The third-order valence-electron chi connectivity index (χ3n) is 3.58. The van der Waals surface area contributed by atoms with Crippen LogP contribution in [0.1, 0.15) is 40.0 Å². The Morgan fingerprint density at radius 2 is 1.69 bits per heavy atom. The standard InChI is InChI=1S/C13H28N2O/c1-4-5-8-15-12(2)10-14(7-6-9-16)11-13(15)3/h12-13,16H,4-11H2,1-3H3/t12-,13+. The summed E-state index contributed by atoms with van der Waals surface area (Å²) in [5.74, 6) is 0. The summed E-state index contributed by atoms with van der Waals surface area (Å²) in [5.41, 5.74) is 0. The van der Waals surface area contributed by atoms with Crippen molar-refractivity contribution in [3.63, 3.8) is 0 Å². The number of nitrogens with zero attached hydrogens (tertiary/aromatic N) is 2. The SMILES string of the molecule is CCCCN1[C@H](C)CN(CCCO)C[C@@H]1C. The first-order valence-electron chi connectivity index (χ1n) is 6.78. The number of piperazine rings is 1. The predicted molar refractivity (Wildman–Crippen MR) is 68.7 cm³/mol. The first kappa shape index (κ1) is 13.9. The summed E-state index contributed by atoms with van der Waals surface area (Å²) in [7, 11) is 0. The molecule has 1 rings (SSSR count). The van der Waals surface area contributed by atoms with Crippen molar-refractivity contribution >= 4 is 0 Å². The molecule has 1 fully saturated rings. The van der Waals surface area contributed by atoms with Gasteiger partial charge in [-0.2, -0.15) is 0 Å². The molecule has 1 aliphatic heterocycles. The quantitative estimate of drug-likeness (QED) is 0.747.